The van der Waals surface area contributed by atoms with Crippen molar-refractivity contribution >= 4 is 17.4 Å². The molecule has 0 bridgehead atoms. The average Bonchev–Trinajstić information content (AvgIpc) is 2.54. The van der Waals surface area contributed by atoms with Gasteiger partial charge in [0.1, 0.15) is 16.7 Å². The van der Waals surface area contributed by atoms with E-state index in [1.54, 1.807) is 18.3 Å². The summed E-state index contributed by atoms with van der Waals surface area (Å²) < 4.78 is 5.78. The third-order valence-corrected chi connectivity index (χ3v) is 4.07. The van der Waals surface area contributed by atoms with Gasteiger partial charge in [-0.3, -0.25) is 0 Å². The Morgan fingerprint density at radius 3 is 3.05 bits per heavy atom. The lowest BCUT2D eigenvalue weighted by Gasteiger charge is -2.33. The second-order valence-corrected chi connectivity index (χ2v) is 5.92. The second-order valence-electron chi connectivity index (χ2n) is 5.52. The maximum absolute atomic E-state index is 6.07. The summed E-state index contributed by atoms with van der Waals surface area (Å²) in [6.07, 6.45) is 5.78. The van der Waals surface area contributed by atoms with Gasteiger partial charge >= 0.3 is 0 Å². The minimum Gasteiger partial charge on any atom is -0.476 e. The SMILES string of the molecule is Cc1nccc(N2CCCC(COc3ncccc3Cl)C2)n1. The number of rotatable bonds is 4. The van der Waals surface area contributed by atoms with Crippen LogP contribution in [0.25, 0.3) is 0 Å². The normalized spacial score (nSPS) is 18.3. The zero-order valence-electron chi connectivity index (χ0n) is 12.6. The predicted molar refractivity (Wildman–Crippen MR) is 86.4 cm³/mol. The molecule has 0 radical (unpaired) electrons. The molecule has 0 amide bonds. The number of aryl methyl sites for hydroxylation is 1. The molecule has 1 aliphatic heterocycles. The van der Waals surface area contributed by atoms with Crippen LogP contribution >= 0.6 is 11.6 Å². The van der Waals surface area contributed by atoms with Gasteiger partial charge in [0.2, 0.25) is 5.88 Å². The Balaban J connectivity index is 1.60. The van der Waals surface area contributed by atoms with Crippen LogP contribution in [-0.4, -0.2) is 34.6 Å². The fraction of sp³-hybridized carbons (Fsp3) is 0.438. The summed E-state index contributed by atoms with van der Waals surface area (Å²) in [5, 5.41) is 0.557. The van der Waals surface area contributed by atoms with Crippen molar-refractivity contribution in [3.63, 3.8) is 0 Å². The fourth-order valence-corrected chi connectivity index (χ4v) is 2.88. The highest BCUT2D eigenvalue weighted by atomic mass is 35.5. The van der Waals surface area contributed by atoms with Crippen LogP contribution in [0.2, 0.25) is 5.02 Å². The molecule has 0 aromatic carbocycles. The molecule has 0 spiro atoms. The van der Waals surface area contributed by atoms with Gasteiger partial charge in [0.05, 0.1) is 6.61 Å². The average molecular weight is 319 g/mol. The lowest BCUT2D eigenvalue weighted by Crippen LogP contribution is -2.38. The minimum absolute atomic E-state index is 0.446. The summed E-state index contributed by atoms with van der Waals surface area (Å²) >= 11 is 6.07. The standard InChI is InChI=1S/C16H19ClN4O/c1-12-18-8-6-15(20-12)21-9-3-4-13(10-21)11-22-16-14(17)5-2-7-19-16/h2,5-8,13H,3-4,9-11H2,1H3. The van der Waals surface area contributed by atoms with E-state index in [1.807, 2.05) is 19.2 Å². The number of aromatic nitrogens is 3. The topological polar surface area (TPSA) is 51.1 Å². The lowest BCUT2D eigenvalue weighted by molar-refractivity contribution is 0.221. The summed E-state index contributed by atoms with van der Waals surface area (Å²) in [5.74, 6) is 2.76. The molecule has 0 aliphatic carbocycles. The van der Waals surface area contributed by atoms with Gasteiger partial charge < -0.3 is 9.64 Å². The Hall–Kier alpha value is -1.88. The Morgan fingerprint density at radius 1 is 1.32 bits per heavy atom. The molecule has 2 aromatic heterocycles. The van der Waals surface area contributed by atoms with Gasteiger partial charge in [0.25, 0.3) is 0 Å². The molecule has 6 heteroatoms. The first-order valence-electron chi connectivity index (χ1n) is 7.50. The molecule has 2 aromatic rings. The first-order valence-corrected chi connectivity index (χ1v) is 7.88. The van der Waals surface area contributed by atoms with Crippen LogP contribution in [0.3, 0.4) is 0 Å². The highest BCUT2D eigenvalue weighted by Gasteiger charge is 2.22. The van der Waals surface area contributed by atoms with E-state index >= 15 is 0 Å². The quantitative estimate of drug-likeness (QED) is 0.867. The van der Waals surface area contributed by atoms with Crippen LogP contribution in [0.1, 0.15) is 18.7 Å². The highest BCUT2D eigenvalue weighted by molar-refractivity contribution is 6.31. The van der Waals surface area contributed by atoms with Gasteiger partial charge in [-0.1, -0.05) is 11.6 Å². The van der Waals surface area contributed by atoms with E-state index in [0.717, 1.165) is 37.6 Å². The molecule has 1 saturated heterocycles. The van der Waals surface area contributed by atoms with Crippen molar-refractivity contribution in [2.45, 2.75) is 19.8 Å². The molecule has 3 rings (SSSR count). The number of nitrogens with zero attached hydrogens (tertiary/aromatic N) is 4. The highest BCUT2D eigenvalue weighted by Crippen LogP contribution is 2.24. The van der Waals surface area contributed by atoms with Crippen molar-refractivity contribution in [3.05, 3.63) is 41.4 Å². The number of halogens is 1. The van der Waals surface area contributed by atoms with Gasteiger partial charge in [-0.25, -0.2) is 15.0 Å². The summed E-state index contributed by atoms with van der Waals surface area (Å²) in [4.78, 5) is 15.1. The summed E-state index contributed by atoms with van der Waals surface area (Å²) in [6.45, 7) is 4.49. The molecule has 0 N–H and O–H groups in total. The number of hydrogen-bond acceptors (Lipinski definition) is 5. The molecular weight excluding hydrogens is 300 g/mol. The molecule has 3 heterocycles. The molecule has 116 valence electrons. The third kappa shape index (κ3) is 3.65. The van der Waals surface area contributed by atoms with Gasteiger partial charge in [-0.2, -0.15) is 0 Å². The van der Waals surface area contributed by atoms with Crippen LogP contribution in [0.5, 0.6) is 5.88 Å². The van der Waals surface area contributed by atoms with Crippen molar-refractivity contribution in [2.75, 3.05) is 24.6 Å². The molecule has 0 saturated carbocycles. The first-order chi connectivity index (χ1) is 10.7. The summed E-state index contributed by atoms with van der Waals surface area (Å²) in [6, 6.07) is 5.56. The van der Waals surface area contributed by atoms with Gasteiger partial charge in [0, 0.05) is 31.4 Å². The number of pyridine rings is 1. The van der Waals surface area contributed by atoms with Crippen LogP contribution in [0.4, 0.5) is 5.82 Å². The van der Waals surface area contributed by atoms with E-state index in [1.165, 1.54) is 0 Å². The van der Waals surface area contributed by atoms with Crippen molar-refractivity contribution in [1.29, 1.82) is 0 Å². The number of piperidine rings is 1. The van der Waals surface area contributed by atoms with Crippen molar-refractivity contribution < 1.29 is 4.74 Å². The van der Waals surface area contributed by atoms with Crippen LogP contribution < -0.4 is 9.64 Å². The zero-order valence-corrected chi connectivity index (χ0v) is 13.3. The molecule has 22 heavy (non-hydrogen) atoms. The van der Waals surface area contributed by atoms with Gasteiger partial charge in [0.15, 0.2) is 0 Å². The van der Waals surface area contributed by atoms with Crippen molar-refractivity contribution in [1.82, 2.24) is 15.0 Å². The lowest BCUT2D eigenvalue weighted by atomic mass is 9.99. The maximum atomic E-state index is 6.07. The molecule has 5 nitrogen and oxygen atoms in total. The molecule has 1 atom stereocenters. The minimum atomic E-state index is 0.446. The monoisotopic (exact) mass is 318 g/mol. The molecule has 1 unspecified atom stereocenters. The third-order valence-electron chi connectivity index (χ3n) is 3.78. The Labute approximate surface area is 135 Å². The van der Waals surface area contributed by atoms with E-state index in [2.05, 4.69) is 19.9 Å². The molecule has 1 fully saturated rings. The van der Waals surface area contributed by atoms with Crippen LogP contribution in [0.15, 0.2) is 30.6 Å². The predicted octanol–water partition coefficient (Wildman–Crippen LogP) is 3.13. The van der Waals surface area contributed by atoms with Gasteiger partial charge in [-0.05, 0) is 38.0 Å². The second kappa shape index (κ2) is 6.92. The van der Waals surface area contributed by atoms with Crippen molar-refractivity contribution in [3.8, 4) is 5.88 Å². The number of anilines is 1. The largest absolute Gasteiger partial charge is 0.476 e. The van der Waals surface area contributed by atoms with E-state index < -0.39 is 0 Å². The van der Waals surface area contributed by atoms with E-state index in [-0.39, 0.29) is 0 Å². The first kappa shape index (κ1) is 15.0. The Morgan fingerprint density at radius 2 is 2.23 bits per heavy atom. The maximum Gasteiger partial charge on any atom is 0.232 e. The summed E-state index contributed by atoms with van der Waals surface area (Å²) in [5.41, 5.74) is 0. The van der Waals surface area contributed by atoms with Gasteiger partial charge in [-0.15, -0.1) is 0 Å². The number of hydrogen-bond donors (Lipinski definition) is 0. The van der Waals surface area contributed by atoms with E-state index in [0.29, 0.717) is 23.4 Å². The van der Waals surface area contributed by atoms with Crippen LogP contribution in [0, 0.1) is 12.8 Å². The smallest absolute Gasteiger partial charge is 0.232 e. The van der Waals surface area contributed by atoms with Crippen molar-refractivity contribution in [2.24, 2.45) is 5.92 Å². The van der Waals surface area contributed by atoms with E-state index in [4.69, 9.17) is 16.3 Å². The number of ether oxygens (including phenoxy) is 1. The van der Waals surface area contributed by atoms with Crippen LogP contribution in [-0.2, 0) is 0 Å². The zero-order chi connectivity index (χ0) is 15.4. The van der Waals surface area contributed by atoms with E-state index in [9.17, 15) is 0 Å². The molecule has 1 aliphatic rings. The Bertz CT molecular complexity index is 637. The fourth-order valence-electron chi connectivity index (χ4n) is 2.70. The Kier molecular flexibility index (Phi) is 4.73. The molecular formula is C16H19ClN4O. The summed E-state index contributed by atoms with van der Waals surface area (Å²) in [7, 11) is 0.